The van der Waals surface area contributed by atoms with Crippen molar-refractivity contribution in [3.63, 3.8) is 0 Å². The fourth-order valence-electron chi connectivity index (χ4n) is 1.86. The summed E-state index contributed by atoms with van der Waals surface area (Å²) in [6.07, 6.45) is 4.41. The van der Waals surface area contributed by atoms with Crippen LogP contribution in [0, 0.1) is 0 Å². The van der Waals surface area contributed by atoms with Crippen LogP contribution in [0.4, 0.5) is 0 Å². The van der Waals surface area contributed by atoms with Gasteiger partial charge in [0.25, 0.3) is 0 Å². The number of hydrogen-bond donors (Lipinski definition) is 1. The Balaban J connectivity index is 2.27. The maximum absolute atomic E-state index is 11.3. The lowest BCUT2D eigenvalue weighted by molar-refractivity contribution is -0.116. The van der Waals surface area contributed by atoms with E-state index in [4.69, 9.17) is 0 Å². The molecule has 1 amide bonds. The van der Waals surface area contributed by atoms with Crippen molar-refractivity contribution in [3.8, 4) is 0 Å². The minimum atomic E-state index is -0.00820. The van der Waals surface area contributed by atoms with Gasteiger partial charge < -0.3 is 5.32 Å². The molecule has 0 fully saturated rings. The lowest BCUT2D eigenvalue weighted by atomic mass is 9.91. The van der Waals surface area contributed by atoms with Crippen molar-refractivity contribution in [1.29, 1.82) is 0 Å². The number of amides is 1. The largest absolute Gasteiger partial charge is 0.352 e. The molecule has 0 radical (unpaired) electrons. The van der Waals surface area contributed by atoms with Crippen LogP contribution < -0.4 is 5.32 Å². The Kier molecular flexibility index (Phi) is 3.01. The lowest BCUT2D eigenvalue weighted by Gasteiger charge is -2.19. The van der Waals surface area contributed by atoms with Crippen LogP contribution in [0.3, 0.4) is 0 Å². The maximum atomic E-state index is 11.3. The van der Waals surface area contributed by atoms with Crippen molar-refractivity contribution in [2.24, 2.45) is 0 Å². The molecule has 1 aromatic heterocycles. The fraction of sp³-hybridized carbons (Fsp3) is 0.429. The molecule has 90 valence electrons. The van der Waals surface area contributed by atoms with Crippen LogP contribution in [0.1, 0.15) is 38.4 Å². The Morgan fingerprint density at radius 3 is 2.59 bits per heavy atom. The van der Waals surface area contributed by atoms with E-state index >= 15 is 0 Å². The number of rotatable bonds is 1. The van der Waals surface area contributed by atoms with Crippen molar-refractivity contribution < 1.29 is 4.79 Å². The Morgan fingerprint density at radius 2 is 2.06 bits per heavy atom. The van der Waals surface area contributed by atoms with Gasteiger partial charge in [-0.1, -0.05) is 26.8 Å². The van der Waals surface area contributed by atoms with Crippen molar-refractivity contribution in [3.05, 3.63) is 35.7 Å². The van der Waals surface area contributed by atoms with Gasteiger partial charge in [0, 0.05) is 29.9 Å². The van der Waals surface area contributed by atoms with Crippen molar-refractivity contribution in [1.82, 2.24) is 10.3 Å². The Morgan fingerprint density at radius 1 is 1.29 bits per heavy atom. The minimum absolute atomic E-state index is 0.00820. The van der Waals surface area contributed by atoms with E-state index in [0.29, 0.717) is 6.54 Å². The highest BCUT2D eigenvalue weighted by Gasteiger charge is 2.16. The topological polar surface area (TPSA) is 42.0 Å². The molecule has 0 aliphatic carbocycles. The third-order valence-electron chi connectivity index (χ3n) is 2.90. The first-order valence-corrected chi connectivity index (χ1v) is 5.92. The highest BCUT2D eigenvalue weighted by Crippen LogP contribution is 2.23. The van der Waals surface area contributed by atoms with Crippen LogP contribution in [0.25, 0.3) is 5.57 Å². The zero-order chi connectivity index (χ0) is 12.5. The summed E-state index contributed by atoms with van der Waals surface area (Å²) in [6.45, 7) is 7.14. The van der Waals surface area contributed by atoms with Crippen molar-refractivity contribution in [2.75, 3.05) is 6.54 Å². The molecule has 17 heavy (non-hydrogen) atoms. The first-order chi connectivity index (χ1) is 7.97. The molecule has 1 aliphatic rings. The Hall–Kier alpha value is -1.64. The maximum Gasteiger partial charge on any atom is 0.244 e. The summed E-state index contributed by atoms with van der Waals surface area (Å²) in [6, 6.07) is 4.10. The number of nitrogens with one attached hydrogen (secondary N) is 1. The summed E-state index contributed by atoms with van der Waals surface area (Å²) in [4.78, 5) is 15.7. The van der Waals surface area contributed by atoms with Gasteiger partial charge in [-0.2, -0.15) is 0 Å². The van der Waals surface area contributed by atoms with E-state index in [2.05, 4.69) is 37.1 Å². The number of carbonyl (C=O) groups is 1. The molecular formula is C14H18N2O. The van der Waals surface area contributed by atoms with Gasteiger partial charge in [-0.05, 0) is 23.6 Å². The van der Waals surface area contributed by atoms with Gasteiger partial charge >= 0.3 is 0 Å². The fourth-order valence-corrected chi connectivity index (χ4v) is 1.86. The predicted molar refractivity (Wildman–Crippen MR) is 68.5 cm³/mol. The van der Waals surface area contributed by atoms with Crippen LogP contribution >= 0.6 is 0 Å². The molecule has 2 rings (SSSR count). The Bertz CT molecular complexity index is 452. The van der Waals surface area contributed by atoms with Gasteiger partial charge in [-0.15, -0.1) is 0 Å². The van der Waals surface area contributed by atoms with Gasteiger partial charge in [0.05, 0.1) is 0 Å². The van der Waals surface area contributed by atoms with E-state index < -0.39 is 0 Å². The highest BCUT2D eigenvalue weighted by atomic mass is 16.1. The number of hydrogen-bond acceptors (Lipinski definition) is 2. The van der Waals surface area contributed by atoms with Gasteiger partial charge in [0.15, 0.2) is 0 Å². The quantitative estimate of drug-likeness (QED) is 0.804. The lowest BCUT2D eigenvalue weighted by Crippen LogP contribution is -2.26. The predicted octanol–water partition coefficient (Wildman–Crippen LogP) is 2.28. The molecule has 1 N–H and O–H groups in total. The van der Waals surface area contributed by atoms with Gasteiger partial charge in [0.2, 0.25) is 5.91 Å². The third kappa shape index (κ3) is 2.73. The normalized spacial score (nSPS) is 16.4. The second-order valence-electron chi connectivity index (χ2n) is 5.39. The van der Waals surface area contributed by atoms with E-state index in [1.165, 1.54) is 0 Å². The average Bonchev–Trinajstić information content (AvgIpc) is 2.28. The molecule has 3 nitrogen and oxygen atoms in total. The molecule has 0 atom stereocenters. The number of aromatic nitrogens is 1. The number of nitrogens with zero attached hydrogens (tertiary/aromatic N) is 1. The summed E-state index contributed by atoms with van der Waals surface area (Å²) >= 11 is 0. The van der Waals surface area contributed by atoms with Gasteiger partial charge in [-0.3, -0.25) is 9.78 Å². The molecule has 0 aromatic carbocycles. The van der Waals surface area contributed by atoms with E-state index in [9.17, 15) is 4.79 Å². The molecule has 0 bridgehead atoms. The SMILES string of the molecule is CC(C)(C)c1ccc(C2=CC(=O)NCC2)cn1. The summed E-state index contributed by atoms with van der Waals surface area (Å²) in [5, 5.41) is 2.78. The summed E-state index contributed by atoms with van der Waals surface area (Å²) in [7, 11) is 0. The number of carbonyl (C=O) groups excluding carboxylic acids is 1. The smallest absolute Gasteiger partial charge is 0.244 e. The second-order valence-corrected chi connectivity index (χ2v) is 5.39. The van der Waals surface area contributed by atoms with Crippen LogP contribution in [0.15, 0.2) is 24.4 Å². The average molecular weight is 230 g/mol. The summed E-state index contributed by atoms with van der Waals surface area (Å²) < 4.78 is 0. The third-order valence-corrected chi connectivity index (χ3v) is 2.90. The van der Waals surface area contributed by atoms with Crippen LogP contribution in [0.5, 0.6) is 0 Å². The molecule has 0 saturated heterocycles. The highest BCUT2D eigenvalue weighted by molar-refractivity contribution is 5.96. The van der Waals surface area contributed by atoms with Crippen molar-refractivity contribution >= 4 is 11.5 Å². The van der Waals surface area contributed by atoms with Gasteiger partial charge in [-0.25, -0.2) is 0 Å². The molecular weight excluding hydrogens is 212 g/mol. The first-order valence-electron chi connectivity index (χ1n) is 5.92. The molecule has 2 heterocycles. The van der Waals surface area contributed by atoms with Crippen LogP contribution in [0.2, 0.25) is 0 Å². The van der Waals surface area contributed by atoms with Crippen LogP contribution in [-0.4, -0.2) is 17.4 Å². The van der Waals surface area contributed by atoms with Gasteiger partial charge in [0.1, 0.15) is 0 Å². The van der Waals surface area contributed by atoms with E-state index in [0.717, 1.165) is 23.3 Å². The molecule has 0 unspecified atom stereocenters. The molecule has 1 aliphatic heterocycles. The molecule has 1 aromatic rings. The van der Waals surface area contributed by atoms with Crippen molar-refractivity contribution in [2.45, 2.75) is 32.6 Å². The second kappa shape index (κ2) is 4.32. The Labute approximate surface area is 102 Å². The van der Waals surface area contributed by atoms with Crippen LogP contribution in [-0.2, 0) is 10.2 Å². The number of pyridine rings is 1. The zero-order valence-electron chi connectivity index (χ0n) is 10.6. The van der Waals surface area contributed by atoms with E-state index in [-0.39, 0.29) is 11.3 Å². The summed E-state index contributed by atoms with van der Waals surface area (Å²) in [5.41, 5.74) is 3.26. The van der Waals surface area contributed by atoms with E-state index in [1.54, 1.807) is 6.08 Å². The molecule has 0 spiro atoms. The monoisotopic (exact) mass is 230 g/mol. The first kappa shape index (κ1) is 11.8. The standard InChI is InChI=1S/C14H18N2O/c1-14(2,3)12-5-4-11(9-16-12)10-6-7-15-13(17)8-10/h4-5,8-9H,6-7H2,1-3H3,(H,15,17). The zero-order valence-corrected chi connectivity index (χ0v) is 10.6. The van der Waals surface area contributed by atoms with E-state index in [1.807, 2.05) is 12.3 Å². The summed E-state index contributed by atoms with van der Waals surface area (Å²) in [5.74, 6) is -0.00820. The molecule has 3 heteroatoms. The molecule has 0 saturated carbocycles. The minimum Gasteiger partial charge on any atom is -0.352 e.